The van der Waals surface area contributed by atoms with E-state index in [1.165, 1.54) is 0 Å². The monoisotopic (exact) mass is 331 g/mol. The second-order valence-electron chi connectivity index (χ2n) is 6.78. The largest absolute Gasteiger partial charge is 0.339 e. The molecule has 0 aliphatic carbocycles. The van der Waals surface area contributed by atoms with Gasteiger partial charge in [-0.05, 0) is 50.8 Å². The van der Waals surface area contributed by atoms with Crippen molar-refractivity contribution in [3.05, 3.63) is 29.8 Å². The van der Waals surface area contributed by atoms with Crippen molar-refractivity contribution in [3.63, 3.8) is 0 Å². The van der Waals surface area contributed by atoms with Crippen molar-refractivity contribution in [2.75, 3.05) is 25.0 Å². The first-order chi connectivity index (χ1) is 11.4. The number of carbonyl (C=O) groups excluding carboxylic acids is 2. The Bertz CT molecular complexity index is 580. The maximum absolute atomic E-state index is 12.5. The van der Waals surface area contributed by atoms with E-state index in [4.69, 9.17) is 0 Å². The molecule has 1 aliphatic heterocycles. The summed E-state index contributed by atoms with van der Waals surface area (Å²) < 4.78 is 0. The van der Waals surface area contributed by atoms with Gasteiger partial charge >= 0.3 is 6.03 Å². The van der Waals surface area contributed by atoms with Crippen molar-refractivity contribution in [3.8, 4) is 0 Å². The van der Waals surface area contributed by atoms with Crippen molar-refractivity contribution in [2.45, 2.75) is 46.6 Å². The van der Waals surface area contributed by atoms with Gasteiger partial charge in [-0.1, -0.05) is 19.9 Å². The Kier molecular flexibility index (Phi) is 6.23. The van der Waals surface area contributed by atoms with Crippen LogP contribution in [0.2, 0.25) is 0 Å². The van der Waals surface area contributed by atoms with Gasteiger partial charge in [-0.15, -0.1) is 0 Å². The molecule has 24 heavy (non-hydrogen) atoms. The molecule has 1 saturated heterocycles. The van der Waals surface area contributed by atoms with E-state index >= 15 is 0 Å². The molecule has 5 heteroatoms. The molecule has 0 radical (unpaired) electrons. The molecule has 1 atom stereocenters. The second-order valence-corrected chi connectivity index (χ2v) is 6.78. The van der Waals surface area contributed by atoms with Crippen LogP contribution in [-0.2, 0) is 0 Å². The van der Waals surface area contributed by atoms with E-state index in [-0.39, 0.29) is 18.0 Å². The van der Waals surface area contributed by atoms with Gasteiger partial charge < -0.3 is 15.1 Å². The van der Waals surface area contributed by atoms with E-state index < -0.39 is 0 Å². The SMILES string of the molecule is CCN(C(=O)Nc1cccc(C(=O)N2CCCC2)c1)[C@@H](C)C(C)C. The van der Waals surface area contributed by atoms with Crippen molar-refractivity contribution >= 4 is 17.6 Å². The van der Waals surface area contributed by atoms with Crippen molar-refractivity contribution in [2.24, 2.45) is 5.92 Å². The number of benzene rings is 1. The minimum absolute atomic E-state index is 0.0477. The van der Waals surface area contributed by atoms with Crippen molar-refractivity contribution < 1.29 is 9.59 Å². The maximum Gasteiger partial charge on any atom is 0.322 e. The molecule has 2 rings (SSSR count). The molecular weight excluding hydrogens is 302 g/mol. The Morgan fingerprint density at radius 2 is 1.88 bits per heavy atom. The molecule has 132 valence electrons. The number of nitrogens with zero attached hydrogens (tertiary/aromatic N) is 2. The number of urea groups is 1. The van der Waals surface area contributed by atoms with Gasteiger partial charge in [-0.3, -0.25) is 4.79 Å². The summed E-state index contributed by atoms with van der Waals surface area (Å²) in [6.45, 7) is 10.5. The fraction of sp³-hybridized carbons (Fsp3) is 0.579. The van der Waals surface area contributed by atoms with Gasteiger partial charge in [0.2, 0.25) is 0 Å². The van der Waals surface area contributed by atoms with Crippen LogP contribution in [0.5, 0.6) is 0 Å². The van der Waals surface area contributed by atoms with Crippen LogP contribution in [-0.4, -0.2) is 47.4 Å². The van der Waals surface area contributed by atoms with Crippen molar-refractivity contribution in [1.29, 1.82) is 0 Å². The highest BCUT2D eigenvalue weighted by Crippen LogP contribution is 2.18. The van der Waals surface area contributed by atoms with Gasteiger partial charge in [0, 0.05) is 36.9 Å². The molecule has 5 nitrogen and oxygen atoms in total. The smallest absolute Gasteiger partial charge is 0.322 e. The third kappa shape index (κ3) is 4.28. The Hall–Kier alpha value is -2.04. The minimum atomic E-state index is -0.121. The molecule has 1 heterocycles. The summed E-state index contributed by atoms with van der Waals surface area (Å²) >= 11 is 0. The summed E-state index contributed by atoms with van der Waals surface area (Å²) in [5.74, 6) is 0.435. The van der Waals surface area contributed by atoms with Gasteiger partial charge in [0.15, 0.2) is 0 Å². The second kappa shape index (κ2) is 8.18. The van der Waals surface area contributed by atoms with Crippen LogP contribution < -0.4 is 5.32 Å². The Morgan fingerprint density at radius 3 is 2.46 bits per heavy atom. The van der Waals surface area contributed by atoms with Gasteiger partial charge in [0.1, 0.15) is 0 Å². The van der Waals surface area contributed by atoms with Gasteiger partial charge in [0.25, 0.3) is 5.91 Å². The molecule has 1 aliphatic rings. The van der Waals surface area contributed by atoms with Crippen LogP contribution in [0.15, 0.2) is 24.3 Å². The molecule has 0 unspecified atom stereocenters. The molecule has 0 saturated carbocycles. The van der Waals surface area contributed by atoms with Crippen molar-refractivity contribution in [1.82, 2.24) is 9.80 Å². The summed E-state index contributed by atoms with van der Waals surface area (Å²) in [5.41, 5.74) is 1.30. The normalized spacial score (nSPS) is 15.5. The van der Waals surface area contributed by atoms with Crippen LogP contribution in [0.3, 0.4) is 0 Å². The number of hydrogen-bond donors (Lipinski definition) is 1. The molecule has 1 aromatic carbocycles. The molecular formula is C19H29N3O2. The number of rotatable bonds is 5. The standard InChI is InChI=1S/C19H29N3O2/c1-5-22(15(4)14(2)3)19(24)20-17-10-8-9-16(13-17)18(23)21-11-6-7-12-21/h8-10,13-15H,5-7,11-12H2,1-4H3,(H,20,24)/t15-/m0/s1. The summed E-state index contributed by atoms with van der Waals surface area (Å²) in [5, 5.41) is 2.93. The number of carbonyl (C=O) groups is 2. The first-order valence-corrected chi connectivity index (χ1v) is 8.91. The van der Waals surface area contributed by atoms with Crippen LogP contribution in [0, 0.1) is 5.92 Å². The number of nitrogens with one attached hydrogen (secondary N) is 1. The molecule has 0 aromatic heterocycles. The van der Waals surface area contributed by atoms with Gasteiger partial charge in [-0.2, -0.15) is 0 Å². The fourth-order valence-electron chi connectivity index (χ4n) is 3.00. The highest BCUT2D eigenvalue weighted by atomic mass is 16.2. The number of amides is 3. The lowest BCUT2D eigenvalue weighted by molar-refractivity contribution is 0.0793. The average molecular weight is 331 g/mol. The maximum atomic E-state index is 12.5. The summed E-state index contributed by atoms with van der Waals surface area (Å²) in [6.07, 6.45) is 2.14. The van der Waals surface area contributed by atoms with E-state index in [1.54, 1.807) is 6.07 Å². The van der Waals surface area contributed by atoms with E-state index in [9.17, 15) is 9.59 Å². The Balaban J connectivity index is 2.08. The lowest BCUT2D eigenvalue weighted by Crippen LogP contribution is -2.43. The summed E-state index contributed by atoms with van der Waals surface area (Å²) in [6, 6.07) is 7.26. The molecule has 0 spiro atoms. The van der Waals surface area contributed by atoms with Crippen LogP contribution >= 0.6 is 0 Å². The van der Waals surface area contributed by atoms with E-state index in [1.807, 2.05) is 34.9 Å². The van der Waals surface area contributed by atoms with Crippen LogP contribution in [0.25, 0.3) is 0 Å². The lowest BCUT2D eigenvalue weighted by Gasteiger charge is -2.31. The van der Waals surface area contributed by atoms with E-state index in [0.29, 0.717) is 23.7 Å². The summed E-state index contributed by atoms with van der Waals surface area (Å²) in [7, 11) is 0. The third-order valence-electron chi connectivity index (χ3n) is 4.81. The highest BCUT2D eigenvalue weighted by molar-refractivity contribution is 5.97. The van der Waals surface area contributed by atoms with Crippen LogP contribution in [0.4, 0.5) is 10.5 Å². The predicted molar refractivity (Wildman–Crippen MR) is 97.3 cm³/mol. The third-order valence-corrected chi connectivity index (χ3v) is 4.81. The Labute approximate surface area is 145 Å². The van der Waals surface area contributed by atoms with E-state index in [0.717, 1.165) is 25.9 Å². The van der Waals surface area contributed by atoms with Gasteiger partial charge in [-0.25, -0.2) is 4.79 Å². The zero-order chi connectivity index (χ0) is 17.7. The average Bonchev–Trinajstić information content (AvgIpc) is 3.09. The number of anilines is 1. The fourth-order valence-corrected chi connectivity index (χ4v) is 3.00. The van der Waals surface area contributed by atoms with Crippen LogP contribution in [0.1, 0.15) is 50.9 Å². The zero-order valence-electron chi connectivity index (χ0n) is 15.2. The quantitative estimate of drug-likeness (QED) is 0.892. The lowest BCUT2D eigenvalue weighted by atomic mass is 10.1. The van der Waals surface area contributed by atoms with Gasteiger partial charge in [0.05, 0.1) is 0 Å². The molecule has 3 amide bonds. The molecule has 0 bridgehead atoms. The first-order valence-electron chi connectivity index (χ1n) is 8.91. The minimum Gasteiger partial charge on any atom is -0.339 e. The Morgan fingerprint density at radius 1 is 1.21 bits per heavy atom. The van der Waals surface area contributed by atoms with E-state index in [2.05, 4.69) is 26.1 Å². The highest BCUT2D eigenvalue weighted by Gasteiger charge is 2.22. The predicted octanol–water partition coefficient (Wildman–Crippen LogP) is 3.82. The zero-order valence-corrected chi connectivity index (χ0v) is 15.2. The summed E-state index contributed by atoms with van der Waals surface area (Å²) in [4.78, 5) is 28.7. The molecule has 1 N–H and O–H groups in total. The number of hydrogen-bond acceptors (Lipinski definition) is 2. The first kappa shape index (κ1) is 18.3. The number of likely N-dealkylation sites (tertiary alicyclic amines) is 1. The molecule has 1 fully saturated rings. The molecule has 1 aromatic rings. The topological polar surface area (TPSA) is 52.7 Å².